The van der Waals surface area contributed by atoms with Crippen molar-refractivity contribution in [2.75, 3.05) is 114 Å². The van der Waals surface area contributed by atoms with Gasteiger partial charge in [-0.3, -0.25) is 28.8 Å². The van der Waals surface area contributed by atoms with Crippen LogP contribution in [-0.4, -0.2) is 150 Å². The maximum atomic E-state index is 13.4. The van der Waals surface area contributed by atoms with Crippen molar-refractivity contribution in [1.82, 2.24) is 33.3 Å². The number of aromatic nitrogens is 3. The van der Waals surface area contributed by atoms with Crippen LogP contribution in [-0.2, 0) is 19.6 Å². The molecule has 0 aliphatic carbocycles. The number of piperazine rings is 3. The zero-order valence-corrected chi connectivity index (χ0v) is 56.3. The smallest absolute Gasteiger partial charge is 0.289 e. The van der Waals surface area contributed by atoms with E-state index in [0.29, 0.717) is 127 Å². The zero-order valence-electron chi connectivity index (χ0n) is 54.7. The normalized spacial score (nSPS) is 13.9. The Bertz CT molecular complexity index is 5050. The number of hydrogen-bond donors (Lipinski definition) is 0. The number of amides is 3. The number of pyridine rings is 3. The van der Waals surface area contributed by atoms with E-state index in [1.54, 1.807) is 47.0 Å². The van der Waals surface area contributed by atoms with Crippen LogP contribution in [0.2, 0.25) is 0 Å². The van der Waals surface area contributed by atoms with Crippen molar-refractivity contribution < 1.29 is 23.2 Å². The van der Waals surface area contributed by atoms with Gasteiger partial charge in [0.2, 0.25) is 0 Å². The average Bonchev–Trinajstić information content (AvgIpc) is 1.31. The number of anilines is 3. The van der Waals surface area contributed by atoms with Crippen molar-refractivity contribution in [2.45, 2.75) is 26.1 Å². The summed E-state index contributed by atoms with van der Waals surface area (Å²) in [4.78, 5) is 92.6. The Kier molecular flexibility index (Phi) is 21.0. The number of carbonyl (C=O) groups excluding carboxylic acids is 3. The molecule has 20 nitrogen and oxygen atoms in total. The number of furan rings is 1. The fraction of sp³-hybridized carbons (Fsp3) is 0.250. The molecule has 3 aliphatic rings. The third-order valence-corrected chi connectivity index (χ3v) is 19.7. The predicted octanol–water partition coefficient (Wildman–Crippen LogP) is 10.4. The van der Waals surface area contributed by atoms with E-state index in [-0.39, 0.29) is 56.9 Å². The molecule has 0 atom stereocenters. The highest BCUT2D eigenvalue weighted by molar-refractivity contribution is 7.12. The molecule has 3 aliphatic heterocycles. The molecule has 0 radical (unpaired) electrons. The Morgan fingerprint density at radius 1 is 0.485 bits per heavy atom. The van der Waals surface area contributed by atoms with Crippen LogP contribution < -0.4 is 31.4 Å². The number of nitriles is 3. The number of thiophene rings is 2. The van der Waals surface area contributed by atoms with Crippen LogP contribution in [0.3, 0.4) is 0 Å². The molecule has 23 heteroatoms. The lowest BCUT2D eigenvalue weighted by atomic mass is 10.1. The van der Waals surface area contributed by atoms with Gasteiger partial charge < -0.3 is 52.4 Å². The van der Waals surface area contributed by atoms with E-state index in [1.165, 1.54) is 41.9 Å². The van der Waals surface area contributed by atoms with Gasteiger partial charge >= 0.3 is 0 Å². The number of fused-ring (bicyclic) bond motifs is 3. The van der Waals surface area contributed by atoms with Crippen molar-refractivity contribution in [3.8, 4) is 18.2 Å². The van der Waals surface area contributed by atoms with Gasteiger partial charge in [0, 0.05) is 107 Å². The maximum Gasteiger partial charge on any atom is 0.289 e. The van der Waals surface area contributed by atoms with Gasteiger partial charge in [-0.05, 0) is 121 Å². The highest BCUT2D eigenvalue weighted by Crippen LogP contribution is 2.34. The van der Waals surface area contributed by atoms with Gasteiger partial charge in [-0.2, -0.15) is 27.1 Å². The second kappa shape index (κ2) is 30.8. The molecule has 0 unspecified atom stereocenters. The molecule has 3 fully saturated rings. The highest BCUT2D eigenvalue weighted by atomic mass is 32.1. The molecule has 0 saturated carbocycles. The first-order chi connectivity index (χ1) is 48.2. The van der Waals surface area contributed by atoms with Crippen LogP contribution in [0.1, 0.15) is 64.8 Å². The van der Waals surface area contributed by atoms with Crippen molar-refractivity contribution in [3.05, 3.63) is 261 Å². The molecule has 500 valence electrons. The molecule has 0 spiro atoms. The van der Waals surface area contributed by atoms with Crippen LogP contribution in [0.25, 0.3) is 32.7 Å². The summed E-state index contributed by atoms with van der Waals surface area (Å²) in [5.74, 6) is -0.329. The van der Waals surface area contributed by atoms with Gasteiger partial charge in [-0.15, -0.1) is 11.3 Å². The van der Waals surface area contributed by atoms with Crippen LogP contribution in [0, 0.1) is 39.8 Å². The van der Waals surface area contributed by atoms with E-state index in [0.717, 1.165) is 61.7 Å². The largest absolute Gasteiger partial charge is 0.459 e. The summed E-state index contributed by atoms with van der Waals surface area (Å²) >= 11 is 3.03. The molecule has 3 saturated heterocycles. The molecule has 9 heterocycles. The van der Waals surface area contributed by atoms with Crippen molar-refractivity contribution in [2.24, 2.45) is 0 Å². The van der Waals surface area contributed by atoms with Gasteiger partial charge in [0.25, 0.3) is 34.4 Å². The lowest BCUT2D eigenvalue weighted by molar-refractivity contribution is 0.0712. The van der Waals surface area contributed by atoms with Gasteiger partial charge in [-0.25, -0.2) is 4.39 Å². The number of carbonyl (C=O) groups is 3. The minimum Gasteiger partial charge on any atom is -0.459 e. The van der Waals surface area contributed by atoms with Crippen molar-refractivity contribution in [1.29, 1.82) is 15.8 Å². The molecule has 0 N–H and O–H groups in total. The third-order valence-electron chi connectivity index (χ3n) is 18.1. The minimum absolute atomic E-state index is 0.0381. The average molecular weight is 1360 g/mol. The van der Waals surface area contributed by atoms with E-state index >= 15 is 0 Å². The van der Waals surface area contributed by atoms with Crippen molar-refractivity contribution in [3.63, 3.8) is 0 Å². The second-order valence-electron chi connectivity index (χ2n) is 24.4. The summed E-state index contributed by atoms with van der Waals surface area (Å²) < 4.78 is 23.5. The highest BCUT2D eigenvalue weighted by Gasteiger charge is 2.32. The summed E-state index contributed by atoms with van der Waals surface area (Å²) in [6, 6.07) is 54.0. The molecule has 0 bridgehead atoms. The second-order valence-corrected chi connectivity index (χ2v) is 26.1. The molecule has 11 aromatic rings. The minimum atomic E-state index is -0.381. The molecule has 99 heavy (non-hydrogen) atoms. The molecule has 3 amide bonds. The summed E-state index contributed by atoms with van der Waals surface area (Å²) in [5.41, 5.74) is 6.44. The van der Waals surface area contributed by atoms with E-state index in [4.69, 9.17) is 4.42 Å². The topological polar surface area (TPSA) is 224 Å². The van der Waals surface area contributed by atoms with E-state index in [9.17, 15) is 48.9 Å². The summed E-state index contributed by atoms with van der Waals surface area (Å²) in [6.45, 7) is 8.32. The van der Waals surface area contributed by atoms with Crippen molar-refractivity contribution >= 4 is 90.2 Å². The Labute approximate surface area is 578 Å². The van der Waals surface area contributed by atoms with Crippen LogP contribution in [0.15, 0.2) is 199 Å². The number of nitrogens with zero attached hydrogens (tertiary/aromatic N) is 13. The van der Waals surface area contributed by atoms with Gasteiger partial charge in [-0.1, -0.05) is 91.0 Å². The molecule has 5 aromatic carbocycles. The predicted molar refractivity (Wildman–Crippen MR) is 385 cm³/mol. The van der Waals surface area contributed by atoms with E-state index in [2.05, 4.69) is 28.0 Å². The van der Waals surface area contributed by atoms with Crippen LogP contribution in [0.5, 0.6) is 0 Å². The lowest BCUT2D eigenvalue weighted by Gasteiger charge is -2.37. The Morgan fingerprint density at radius 3 is 1.38 bits per heavy atom. The first kappa shape index (κ1) is 67.6. The van der Waals surface area contributed by atoms with Crippen LogP contribution in [0.4, 0.5) is 21.5 Å². The first-order valence-electron chi connectivity index (χ1n) is 32.6. The van der Waals surface area contributed by atoms with Gasteiger partial charge in [0.05, 0.1) is 57.8 Å². The zero-order chi connectivity index (χ0) is 69.1. The Morgan fingerprint density at radius 2 is 0.939 bits per heavy atom. The van der Waals surface area contributed by atoms with Crippen LogP contribution >= 0.6 is 22.7 Å². The summed E-state index contributed by atoms with van der Waals surface area (Å²) in [5, 5.41) is 38.4. The summed E-state index contributed by atoms with van der Waals surface area (Å²) in [7, 11) is 3.98. The van der Waals surface area contributed by atoms with Gasteiger partial charge in [0.15, 0.2) is 5.76 Å². The number of rotatable bonds is 14. The molecular formula is C76H70FN13O7S2. The number of benzene rings is 5. The fourth-order valence-corrected chi connectivity index (χ4v) is 14.5. The maximum absolute atomic E-state index is 13.4. The third kappa shape index (κ3) is 14.5. The fourth-order valence-electron chi connectivity index (χ4n) is 13.2. The first-order valence-corrected chi connectivity index (χ1v) is 34.4. The SMILES string of the molecule is CN(C)CCCn1c(=O)c(C#N)c(N2CCN(C(=O)c3ccc(F)cc3)CC2)c2ccccc21.N#Cc1c(N2CCN(C(=O)c3ccco3)CC2)c2ccccc2n(Cc2ccccc2)c1=O.N#Cc1c(N2CCN(C(=O)c3cccs3)CC2)c2ccccc2n(Cc2ccsc2)c1=O. The Hall–Kier alpha value is -11.4. The number of hydrogen-bond acceptors (Lipinski definition) is 16. The quantitative estimate of drug-likeness (QED) is 0.0988. The number of aryl methyl sites for hydroxylation is 1. The van der Waals surface area contributed by atoms with E-state index < -0.39 is 0 Å². The molecule has 14 rings (SSSR count). The summed E-state index contributed by atoms with van der Waals surface area (Å²) in [6.07, 6.45) is 2.28. The monoisotopic (exact) mass is 1360 g/mol. The van der Waals surface area contributed by atoms with Gasteiger partial charge in [0.1, 0.15) is 40.7 Å². The number of para-hydroxylation sites is 3. The number of halogens is 1. The Balaban J connectivity index is 0.000000141. The molecule has 6 aromatic heterocycles. The lowest BCUT2D eigenvalue weighted by Crippen LogP contribution is -2.49. The molecular weight excluding hydrogens is 1290 g/mol. The van der Waals surface area contributed by atoms with E-state index in [1.807, 2.05) is 166 Å². The standard InChI is InChI=1S/C26H28FN5O2.C26H22N4O3.C24H20N4O2S2/c1-29(2)12-5-13-32-23-7-4-3-6-21(23)24(22(18-28)26(32)34)30-14-16-31(17-15-30)25(33)19-8-10-20(27)11-9-19;27-17-21-24(28-12-14-29(15-13-28)26(32)23-11-6-16-33-23)20-9-4-5-10-22(20)30(25(21)31)18-19-7-2-1-3-8-19;25-14-19-22(26-8-10-27(11-9-26)24(30)21-6-3-12-32-21)18-4-1-2-5-20(18)28(23(19)29)15-17-7-13-31-16-17/h3-4,6-11H,5,12-17H2,1-2H3;1-11,16H,12-15,18H2;1-7,12-13,16H,8-11,15H2.